The Balaban J connectivity index is 1.82. The molecule has 1 saturated heterocycles. The van der Waals surface area contributed by atoms with Gasteiger partial charge in [0.15, 0.2) is 0 Å². The van der Waals surface area contributed by atoms with Gasteiger partial charge >= 0.3 is 6.03 Å². The smallest absolute Gasteiger partial charge is 0.317 e. The molecule has 0 spiro atoms. The highest BCUT2D eigenvalue weighted by Crippen LogP contribution is 2.08. The van der Waals surface area contributed by atoms with E-state index >= 15 is 0 Å². The van der Waals surface area contributed by atoms with Crippen LogP contribution in [-0.4, -0.2) is 36.5 Å². The number of urea groups is 1. The molecule has 1 aliphatic heterocycles. The van der Waals surface area contributed by atoms with Gasteiger partial charge in [0.2, 0.25) is 5.91 Å². The predicted octanol–water partition coefficient (Wildman–Crippen LogP) is 1.17. The maximum absolute atomic E-state index is 13.4. The van der Waals surface area contributed by atoms with E-state index in [1.165, 1.54) is 11.0 Å². The number of halogens is 1. The average molecular weight is 279 g/mol. The van der Waals surface area contributed by atoms with Gasteiger partial charge in [0.1, 0.15) is 12.4 Å². The van der Waals surface area contributed by atoms with Gasteiger partial charge in [0.25, 0.3) is 0 Å². The number of benzene rings is 1. The lowest BCUT2D eigenvalue weighted by Gasteiger charge is -2.26. The normalized spacial score (nSPS) is 14.9. The number of carbonyl (C=O) groups is 2. The van der Waals surface area contributed by atoms with E-state index in [9.17, 15) is 14.0 Å². The zero-order valence-corrected chi connectivity index (χ0v) is 11.4. The third kappa shape index (κ3) is 3.69. The van der Waals surface area contributed by atoms with Crippen molar-refractivity contribution in [3.63, 3.8) is 0 Å². The number of nitrogens with zero attached hydrogens (tertiary/aromatic N) is 1. The minimum Gasteiger partial charge on any atom is -0.350 e. The molecule has 0 atom stereocenters. The summed E-state index contributed by atoms with van der Waals surface area (Å²) in [6.45, 7) is 3.20. The van der Waals surface area contributed by atoms with Crippen LogP contribution in [0.5, 0.6) is 0 Å². The van der Waals surface area contributed by atoms with Crippen LogP contribution in [0.4, 0.5) is 9.18 Å². The van der Waals surface area contributed by atoms with Crippen LogP contribution in [0.2, 0.25) is 0 Å². The minimum atomic E-state index is -0.285. The lowest BCUT2D eigenvalue weighted by atomic mass is 10.1. The number of hydrogen-bond donors (Lipinski definition) is 2. The quantitative estimate of drug-likeness (QED) is 0.869. The topological polar surface area (TPSA) is 61.4 Å². The van der Waals surface area contributed by atoms with Crippen molar-refractivity contribution < 1.29 is 14.0 Å². The Hall–Kier alpha value is -2.11. The molecule has 2 N–H and O–H groups in total. The van der Waals surface area contributed by atoms with Crippen molar-refractivity contribution in [1.29, 1.82) is 0 Å². The van der Waals surface area contributed by atoms with E-state index in [1.807, 2.05) is 0 Å². The number of carbonyl (C=O) groups excluding carboxylic acids is 2. The molecular weight excluding hydrogens is 261 g/mol. The molecule has 0 bridgehead atoms. The van der Waals surface area contributed by atoms with Gasteiger partial charge < -0.3 is 15.5 Å². The number of rotatable bonds is 4. The lowest BCUT2D eigenvalue weighted by Crippen LogP contribution is -2.50. The molecule has 1 aromatic rings. The Morgan fingerprint density at radius 3 is 3.00 bits per heavy atom. The maximum Gasteiger partial charge on any atom is 0.317 e. The zero-order valence-electron chi connectivity index (χ0n) is 11.4. The van der Waals surface area contributed by atoms with E-state index in [-0.39, 0.29) is 30.8 Å². The molecule has 1 aliphatic rings. The second-order valence-electron chi connectivity index (χ2n) is 4.87. The van der Waals surface area contributed by atoms with Crippen molar-refractivity contribution in [3.8, 4) is 0 Å². The molecule has 3 amide bonds. The molecular formula is C14H18FN3O2. The first-order valence-electron chi connectivity index (χ1n) is 6.61. The molecule has 20 heavy (non-hydrogen) atoms. The molecule has 0 unspecified atom stereocenters. The number of nitrogens with one attached hydrogen (secondary N) is 2. The third-order valence-electron chi connectivity index (χ3n) is 3.23. The Morgan fingerprint density at radius 2 is 2.30 bits per heavy atom. The molecule has 5 nitrogen and oxygen atoms in total. The molecule has 2 rings (SSSR count). The van der Waals surface area contributed by atoms with Crippen molar-refractivity contribution >= 4 is 11.9 Å². The Bertz CT molecular complexity index is 519. The zero-order chi connectivity index (χ0) is 14.5. The summed E-state index contributed by atoms with van der Waals surface area (Å²) in [5, 5.41) is 5.37. The van der Waals surface area contributed by atoms with Gasteiger partial charge in [0, 0.05) is 19.6 Å². The highest BCUT2D eigenvalue weighted by atomic mass is 19.1. The first-order valence-corrected chi connectivity index (χ1v) is 6.61. The standard InChI is InChI=1S/C14H18FN3O2/c1-10-3-4-11(7-12(10)15)8-17-13(19)9-18-6-2-5-16-14(18)20/h3-4,7H,2,5-6,8-9H2,1H3,(H,16,20)(H,17,19). The molecule has 0 aromatic heterocycles. The maximum atomic E-state index is 13.4. The summed E-state index contributed by atoms with van der Waals surface area (Å²) in [5.41, 5.74) is 1.27. The van der Waals surface area contributed by atoms with Crippen molar-refractivity contribution in [3.05, 3.63) is 35.1 Å². The predicted molar refractivity (Wildman–Crippen MR) is 72.6 cm³/mol. The molecule has 0 saturated carbocycles. The van der Waals surface area contributed by atoms with Crippen LogP contribution in [0.25, 0.3) is 0 Å². The highest BCUT2D eigenvalue weighted by Gasteiger charge is 2.19. The van der Waals surface area contributed by atoms with Crippen molar-refractivity contribution in [2.75, 3.05) is 19.6 Å². The average Bonchev–Trinajstić information content (AvgIpc) is 2.43. The molecule has 0 aliphatic carbocycles. The van der Waals surface area contributed by atoms with E-state index in [4.69, 9.17) is 0 Å². The Morgan fingerprint density at radius 1 is 1.50 bits per heavy atom. The van der Waals surface area contributed by atoms with Gasteiger partial charge in [0.05, 0.1) is 0 Å². The van der Waals surface area contributed by atoms with Crippen LogP contribution in [0.3, 0.4) is 0 Å². The van der Waals surface area contributed by atoms with Crippen molar-refractivity contribution in [1.82, 2.24) is 15.5 Å². The fraction of sp³-hybridized carbons (Fsp3) is 0.429. The van der Waals surface area contributed by atoms with Crippen LogP contribution < -0.4 is 10.6 Å². The number of hydrogen-bond acceptors (Lipinski definition) is 2. The van der Waals surface area contributed by atoms with E-state index in [0.29, 0.717) is 24.2 Å². The third-order valence-corrected chi connectivity index (χ3v) is 3.23. The monoisotopic (exact) mass is 279 g/mol. The number of aryl methyl sites for hydroxylation is 1. The molecule has 1 fully saturated rings. The van der Waals surface area contributed by atoms with Gasteiger partial charge in [-0.2, -0.15) is 0 Å². The molecule has 108 valence electrons. The summed E-state index contributed by atoms with van der Waals surface area (Å²) in [6, 6.07) is 4.64. The van der Waals surface area contributed by atoms with Gasteiger partial charge in [-0.05, 0) is 30.5 Å². The second-order valence-corrected chi connectivity index (χ2v) is 4.87. The summed E-state index contributed by atoms with van der Waals surface area (Å²) in [6.07, 6.45) is 0.836. The van der Waals surface area contributed by atoms with Crippen molar-refractivity contribution in [2.45, 2.75) is 19.9 Å². The lowest BCUT2D eigenvalue weighted by molar-refractivity contribution is -0.121. The first-order chi connectivity index (χ1) is 9.56. The van der Waals surface area contributed by atoms with E-state index in [2.05, 4.69) is 10.6 Å². The summed E-state index contributed by atoms with van der Waals surface area (Å²) in [4.78, 5) is 24.7. The van der Waals surface area contributed by atoms with E-state index in [0.717, 1.165) is 6.42 Å². The second kappa shape index (κ2) is 6.36. The molecule has 1 heterocycles. The molecule has 6 heteroatoms. The van der Waals surface area contributed by atoms with Crippen molar-refractivity contribution in [2.24, 2.45) is 0 Å². The fourth-order valence-corrected chi connectivity index (χ4v) is 2.01. The summed E-state index contributed by atoms with van der Waals surface area (Å²) in [5.74, 6) is -0.532. The summed E-state index contributed by atoms with van der Waals surface area (Å²) < 4.78 is 13.4. The largest absolute Gasteiger partial charge is 0.350 e. The molecule has 0 radical (unpaired) electrons. The molecule has 1 aromatic carbocycles. The van der Waals surface area contributed by atoms with Gasteiger partial charge in [-0.15, -0.1) is 0 Å². The Kier molecular flexibility index (Phi) is 4.55. The minimum absolute atomic E-state index is 0.0280. The first kappa shape index (κ1) is 14.3. The van der Waals surface area contributed by atoms with Gasteiger partial charge in [-0.3, -0.25) is 4.79 Å². The van der Waals surface area contributed by atoms with Crippen LogP contribution in [0.1, 0.15) is 17.5 Å². The van der Waals surface area contributed by atoms with Crippen LogP contribution in [0, 0.1) is 12.7 Å². The SMILES string of the molecule is Cc1ccc(CNC(=O)CN2CCCNC2=O)cc1F. The summed E-state index contributed by atoms with van der Waals surface area (Å²) in [7, 11) is 0. The van der Waals surface area contributed by atoms with Gasteiger partial charge in [-0.1, -0.05) is 12.1 Å². The van der Waals surface area contributed by atoms with Crippen LogP contribution in [0.15, 0.2) is 18.2 Å². The van der Waals surface area contributed by atoms with Crippen LogP contribution in [-0.2, 0) is 11.3 Å². The van der Waals surface area contributed by atoms with E-state index in [1.54, 1.807) is 19.1 Å². The van der Waals surface area contributed by atoms with E-state index < -0.39 is 0 Å². The highest BCUT2D eigenvalue weighted by molar-refractivity contribution is 5.84. The van der Waals surface area contributed by atoms with Gasteiger partial charge in [-0.25, -0.2) is 9.18 Å². The summed E-state index contributed by atoms with van der Waals surface area (Å²) >= 11 is 0. The Labute approximate surface area is 117 Å². The fourth-order valence-electron chi connectivity index (χ4n) is 2.01. The number of amides is 3. The van der Waals surface area contributed by atoms with Crippen LogP contribution >= 0.6 is 0 Å².